The van der Waals surface area contributed by atoms with Crippen LogP contribution >= 0.6 is 0 Å². The van der Waals surface area contributed by atoms with E-state index in [-0.39, 0.29) is 6.10 Å². The molecule has 1 aliphatic rings. The summed E-state index contributed by atoms with van der Waals surface area (Å²) in [5.41, 5.74) is 3.21. The molecule has 3 aromatic rings. The smallest absolute Gasteiger partial charge is 0.194 e. The van der Waals surface area contributed by atoms with Gasteiger partial charge in [-0.25, -0.2) is 9.98 Å². The van der Waals surface area contributed by atoms with Crippen LogP contribution in [0, 0.1) is 0 Å². The minimum Gasteiger partial charge on any atom is -0.370 e. The number of hydrogen-bond acceptors (Lipinski definition) is 5. The van der Waals surface area contributed by atoms with E-state index in [4.69, 9.17) is 9.73 Å². The Kier molecular flexibility index (Phi) is 5.85. The molecule has 3 heterocycles. The van der Waals surface area contributed by atoms with E-state index in [1.165, 1.54) is 6.33 Å². The van der Waals surface area contributed by atoms with Crippen LogP contribution in [-0.2, 0) is 18.3 Å². The van der Waals surface area contributed by atoms with Crippen molar-refractivity contribution >= 4 is 5.96 Å². The van der Waals surface area contributed by atoms with Gasteiger partial charge in [0.1, 0.15) is 12.4 Å². The van der Waals surface area contributed by atoms with E-state index in [0.717, 1.165) is 48.1 Å². The lowest BCUT2D eigenvalue weighted by atomic mass is 10.1. The normalized spacial score (nSPS) is 17.5. The number of morpholine rings is 1. The second kappa shape index (κ2) is 8.87. The quantitative estimate of drug-likeness (QED) is 0.506. The number of benzene rings is 1. The fourth-order valence-corrected chi connectivity index (χ4v) is 3.40. The van der Waals surface area contributed by atoms with Crippen molar-refractivity contribution in [3.05, 3.63) is 54.1 Å². The Morgan fingerprint density at radius 2 is 2.34 bits per heavy atom. The summed E-state index contributed by atoms with van der Waals surface area (Å²) >= 11 is 0. The number of guanidine groups is 1. The topological polar surface area (TPSA) is 96.2 Å². The Hall–Kier alpha value is -3.20. The molecule has 0 bridgehead atoms. The second-order valence-electron chi connectivity index (χ2n) is 6.96. The monoisotopic (exact) mass is 394 g/mol. The maximum Gasteiger partial charge on any atom is 0.194 e. The molecule has 0 amide bonds. The van der Waals surface area contributed by atoms with Crippen LogP contribution in [0.15, 0.2) is 48.0 Å². The summed E-state index contributed by atoms with van der Waals surface area (Å²) in [5.74, 6) is 1.66. The van der Waals surface area contributed by atoms with Crippen molar-refractivity contribution in [2.75, 3.05) is 26.2 Å². The van der Waals surface area contributed by atoms with Crippen LogP contribution in [0.5, 0.6) is 0 Å². The molecule has 0 radical (unpaired) electrons. The number of H-pyrrole nitrogens is 1. The van der Waals surface area contributed by atoms with E-state index < -0.39 is 0 Å². The second-order valence-corrected chi connectivity index (χ2v) is 6.96. The highest BCUT2D eigenvalue weighted by molar-refractivity contribution is 5.80. The molecule has 1 saturated heterocycles. The summed E-state index contributed by atoms with van der Waals surface area (Å²) in [6.45, 7) is 5.69. The summed E-state index contributed by atoms with van der Waals surface area (Å²) in [6.07, 6.45) is 5.39. The van der Waals surface area contributed by atoms with Gasteiger partial charge in [-0.1, -0.05) is 18.2 Å². The van der Waals surface area contributed by atoms with Crippen LogP contribution in [0.25, 0.3) is 11.4 Å². The number of nitrogens with zero attached hydrogens (tertiary/aromatic N) is 6. The molecule has 1 fully saturated rings. The summed E-state index contributed by atoms with van der Waals surface area (Å²) in [6, 6.07) is 8.19. The number of hydrogen-bond donors (Lipinski definition) is 2. The highest BCUT2D eigenvalue weighted by Gasteiger charge is 2.25. The SMILES string of the molecule is CCNC(=NCc1cccc(-c2ncn[nH]2)c1)N1CCOC(c2cnn(C)c2)C1. The van der Waals surface area contributed by atoms with Gasteiger partial charge in [0.05, 0.1) is 25.9 Å². The number of ether oxygens (including phenoxy) is 1. The van der Waals surface area contributed by atoms with E-state index in [2.05, 4.69) is 49.6 Å². The Morgan fingerprint density at radius 3 is 3.10 bits per heavy atom. The fraction of sp³-hybridized carbons (Fsp3) is 0.400. The van der Waals surface area contributed by atoms with Crippen molar-refractivity contribution in [2.24, 2.45) is 12.0 Å². The third kappa shape index (κ3) is 4.62. The molecule has 4 rings (SSSR count). The van der Waals surface area contributed by atoms with Crippen LogP contribution in [-0.4, -0.2) is 62.1 Å². The predicted octanol–water partition coefficient (Wildman–Crippen LogP) is 1.74. The van der Waals surface area contributed by atoms with Crippen molar-refractivity contribution in [1.29, 1.82) is 0 Å². The van der Waals surface area contributed by atoms with Gasteiger partial charge in [0, 0.05) is 37.5 Å². The third-order valence-electron chi connectivity index (χ3n) is 4.82. The summed E-state index contributed by atoms with van der Waals surface area (Å²) in [5, 5.41) is 14.5. The highest BCUT2D eigenvalue weighted by atomic mass is 16.5. The van der Waals surface area contributed by atoms with Gasteiger partial charge in [0.2, 0.25) is 0 Å². The summed E-state index contributed by atoms with van der Waals surface area (Å²) < 4.78 is 7.77. The number of aryl methyl sites for hydroxylation is 1. The molecule has 1 aliphatic heterocycles. The van der Waals surface area contributed by atoms with Crippen LogP contribution in [0.1, 0.15) is 24.2 Å². The first-order valence-electron chi connectivity index (χ1n) is 9.81. The van der Waals surface area contributed by atoms with Crippen molar-refractivity contribution < 1.29 is 4.74 Å². The molecule has 2 aromatic heterocycles. The summed E-state index contributed by atoms with van der Waals surface area (Å²) in [7, 11) is 1.92. The lowest BCUT2D eigenvalue weighted by Crippen LogP contribution is -2.48. The molecule has 1 aromatic carbocycles. The van der Waals surface area contributed by atoms with E-state index in [9.17, 15) is 0 Å². The van der Waals surface area contributed by atoms with E-state index >= 15 is 0 Å². The minimum atomic E-state index is -0.00362. The first kappa shape index (κ1) is 19.1. The number of aliphatic imine (C=N–C) groups is 1. The molecule has 9 heteroatoms. The molecule has 1 atom stereocenters. The standard InChI is InChI=1S/C20H26N8O/c1-3-21-20(28-7-8-29-18(13-28)17-11-25-27(2)12-17)22-10-15-5-4-6-16(9-15)19-23-14-24-26-19/h4-6,9,11-12,14,18H,3,7-8,10,13H2,1-2H3,(H,21,22)(H,23,24,26). The lowest BCUT2D eigenvalue weighted by molar-refractivity contribution is -0.00805. The Labute approximate surface area is 169 Å². The number of nitrogens with one attached hydrogen (secondary N) is 2. The van der Waals surface area contributed by atoms with E-state index in [0.29, 0.717) is 13.2 Å². The van der Waals surface area contributed by atoms with Crippen molar-refractivity contribution in [3.8, 4) is 11.4 Å². The van der Waals surface area contributed by atoms with Crippen LogP contribution in [0.2, 0.25) is 0 Å². The van der Waals surface area contributed by atoms with Crippen LogP contribution < -0.4 is 5.32 Å². The maximum absolute atomic E-state index is 5.96. The average molecular weight is 394 g/mol. The molecule has 0 aliphatic carbocycles. The third-order valence-corrected chi connectivity index (χ3v) is 4.82. The van der Waals surface area contributed by atoms with E-state index in [1.807, 2.05) is 31.6 Å². The average Bonchev–Trinajstić information content (AvgIpc) is 3.43. The van der Waals surface area contributed by atoms with Crippen molar-refractivity contribution in [1.82, 2.24) is 35.2 Å². The molecule has 29 heavy (non-hydrogen) atoms. The predicted molar refractivity (Wildman–Crippen MR) is 110 cm³/mol. The first-order valence-corrected chi connectivity index (χ1v) is 9.81. The molecule has 0 spiro atoms. The van der Waals surface area contributed by atoms with Crippen molar-refractivity contribution in [2.45, 2.75) is 19.6 Å². The lowest BCUT2D eigenvalue weighted by Gasteiger charge is -2.34. The first-order chi connectivity index (χ1) is 14.2. The van der Waals surface area contributed by atoms with Gasteiger partial charge >= 0.3 is 0 Å². The van der Waals surface area contributed by atoms with Gasteiger partial charge < -0.3 is 15.0 Å². The van der Waals surface area contributed by atoms with Gasteiger partial charge in [-0.15, -0.1) is 0 Å². The van der Waals surface area contributed by atoms with Gasteiger partial charge in [0.25, 0.3) is 0 Å². The minimum absolute atomic E-state index is 0.00362. The zero-order chi connectivity index (χ0) is 20.1. The van der Waals surface area contributed by atoms with Gasteiger partial charge in [0.15, 0.2) is 11.8 Å². The Balaban J connectivity index is 1.48. The summed E-state index contributed by atoms with van der Waals surface area (Å²) in [4.78, 5) is 11.3. The van der Waals surface area contributed by atoms with Crippen molar-refractivity contribution in [3.63, 3.8) is 0 Å². The fourth-order valence-electron chi connectivity index (χ4n) is 3.40. The molecule has 0 saturated carbocycles. The zero-order valence-corrected chi connectivity index (χ0v) is 16.7. The number of aromatic nitrogens is 5. The molecule has 152 valence electrons. The van der Waals surface area contributed by atoms with Crippen LogP contribution in [0.3, 0.4) is 0 Å². The zero-order valence-electron chi connectivity index (χ0n) is 16.7. The van der Waals surface area contributed by atoms with E-state index in [1.54, 1.807) is 4.68 Å². The maximum atomic E-state index is 5.96. The molecular weight excluding hydrogens is 368 g/mol. The highest BCUT2D eigenvalue weighted by Crippen LogP contribution is 2.22. The number of rotatable bonds is 5. The van der Waals surface area contributed by atoms with Gasteiger partial charge in [-0.05, 0) is 18.6 Å². The van der Waals surface area contributed by atoms with Crippen LogP contribution in [0.4, 0.5) is 0 Å². The molecule has 1 unspecified atom stereocenters. The largest absolute Gasteiger partial charge is 0.370 e. The molecular formula is C20H26N8O. The Morgan fingerprint density at radius 1 is 1.41 bits per heavy atom. The molecule has 9 nitrogen and oxygen atoms in total. The van der Waals surface area contributed by atoms with Gasteiger partial charge in [-0.2, -0.15) is 10.2 Å². The number of aromatic amines is 1. The van der Waals surface area contributed by atoms with Gasteiger partial charge in [-0.3, -0.25) is 9.78 Å². The molecule has 2 N–H and O–H groups in total. The Bertz CT molecular complexity index is 949.